The molecule has 1 atom stereocenters. The van der Waals surface area contributed by atoms with Crippen LogP contribution in [0.1, 0.15) is 0 Å². The summed E-state index contributed by atoms with van der Waals surface area (Å²) in [6.07, 6.45) is 1.06. The Morgan fingerprint density at radius 3 is 2.64 bits per heavy atom. The summed E-state index contributed by atoms with van der Waals surface area (Å²) >= 11 is 6.01. The number of anilines is 1. The van der Waals surface area contributed by atoms with Gasteiger partial charge in [-0.2, -0.15) is 0 Å². The highest BCUT2D eigenvalue weighted by atomic mass is 35.5. The summed E-state index contributed by atoms with van der Waals surface area (Å²) in [7, 11) is 0. The second-order valence-electron chi connectivity index (χ2n) is 7.19. The third-order valence-corrected chi connectivity index (χ3v) is 5.08. The number of hydrogen-bond donors (Lipinski definition) is 1. The van der Waals surface area contributed by atoms with Crippen molar-refractivity contribution in [2.24, 2.45) is 0 Å². The van der Waals surface area contributed by atoms with Gasteiger partial charge in [0, 0.05) is 12.6 Å². The molecule has 4 rings (SSSR count). The van der Waals surface area contributed by atoms with Crippen molar-refractivity contribution in [1.29, 1.82) is 0 Å². The fourth-order valence-corrected chi connectivity index (χ4v) is 3.29. The minimum Gasteiger partial charge on any atom is -0.489 e. The molecule has 1 unspecified atom stereocenters. The van der Waals surface area contributed by atoms with Crippen LogP contribution < -0.4 is 14.8 Å². The molecular formula is C23H20ClF2N3O4. The molecule has 3 aromatic rings. The number of ether oxygens (including phenoxy) is 3. The molecule has 0 radical (unpaired) electrons. The van der Waals surface area contributed by atoms with Crippen molar-refractivity contribution in [3.05, 3.63) is 77.5 Å². The highest BCUT2D eigenvalue weighted by Gasteiger charge is 2.25. The molecule has 7 nitrogen and oxygen atoms in total. The number of rotatable bonds is 6. The highest BCUT2D eigenvalue weighted by Crippen LogP contribution is 2.25. The first-order valence-corrected chi connectivity index (χ1v) is 10.5. The number of halogens is 3. The number of amides is 2. The maximum Gasteiger partial charge on any atom is 0.323 e. The first kappa shape index (κ1) is 22.8. The van der Waals surface area contributed by atoms with Gasteiger partial charge in [-0.1, -0.05) is 11.6 Å². The third kappa shape index (κ3) is 6.30. The van der Waals surface area contributed by atoms with Crippen LogP contribution in [0.15, 0.2) is 60.8 Å². The zero-order valence-corrected chi connectivity index (χ0v) is 18.1. The molecule has 0 spiro atoms. The summed E-state index contributed by atoms with van der Waals surface area (Å²) < 4.78 is 43.2. The second-order valence-corrected chi connectivity index (χ2v) is 7.60. The van der Waals surface area contributed by atoms with Crippen LogP contribution >= 0.6 is 11.6 Å². The Balaban J connectivity index is 1.28. The molecular weight excluding hydrogens is 456 g/mol. The van der Waals surface area contributed by atoms with Gasteiger partial charge < -0.3 is 19.1 Å². The van der Waals surface area contributed by atoms with Crippen molar-refractivity contribution in [2.45, 2.75) is 6.10 Å². The molecule has 1 aliphatic rings. The number of nitrogens with one attached hydrogen (secondary N) is 1. The summed E-state index contributed by atoms with van der Waals surface area (Å²) in [5.74, 6) is 0.663. The number of benzene rings is 2. The Morgan fingerprint density at radius 1 is 1.12 bits per heavy atom. The quantitative estimate of drug-likeness (QED) is 0.536. The van der Waals surface area contributed by atoms with E-state index >= 15 is 0 Å². The number of hydrogen-bond acceptors (Lipinski definition) is 5. The molecule has 1 N–H and O–H groups in total. The van der Waals surface area contributed by atoms with E-state index in [2.05, 4.69) is 10.3 Å². The van der Waals surface area contributed by atoms with Crippen LogP contribution in [0.5, 0.6) is 17.2 Å². The summed E-state index contributed by atoms with van der Waals surface area (Å²) in [4.78, 5) is 18.4. The van der Waals surface area contributed by atoms with E-state index < -0.39 is 11.9 Å². The zero-order chi connectivity index (χ0) is 23.2. The van der Waals surface area contributed by atoms with E-state index in [-0.39, 0.29) is 30.7 Å². The van der Waals surface area contributed by atoms with Crippen molar-refractivity contribution >= 4 is 23.4 Å². The first-order chi connectivity index (χ1) is 16.0. The van der Waals surface area contributed by atoms with Crippen molar-refractivity contribution in [3.63, 3.8) is 0 Å². The van der Waals surface area contributed by atoms with Gasteiger partial charge in [0.15, 0.2) is 0 Å². The van der Waals surface area contributed by atoms with Crippen molar-refractivity contribution in [2.75, 3.05) is 31.6 Å². The lowest BCUT2D eigenvalue weighted by molar-refractivity contribution is -0.0337. The molecule has 2 heterocycles. The van der Waals surface area contributed by atoms with E-state index in [0.717, 1.165) is 0 Å². The largest absolute Gasteiger partial charge is 0.489 e. The van der Waals surface area contributed by atoms with Crippen LogP contribution in [0, 0.1) is 11.6 Å². The minimum absolute atomic E-state index is 0.112. The lowest BCUT2D eigenvalue weighted by Crippen LogP contribution is -2.49. The fraction of sp³-hybridized carbons (Fsp3) is 0.217. The zero-order valence-electron chi connectivity index (χ0n) is 17.3. The maximum absolute atomic E-state index is 13.4. The van der Waals surface area contributed by atoms with Crippen LogP contribution in [-0.2, 0) is 4.74 Å². The lowest BCUT2D eigenvalue weighted by atomic mass is 10.3. The highest BCUT2D eigenvalue weighted by molar-refractivity contribution is 6.32. The van der Waals surface area contributed by atoms with Crippen LogP contribution in [0.25, 0.3) is 0 Å². The summed E-state index contributed by atoms with van der Waals surface area (Å²) in [5, 5.41) is 3.02. The number of urea groups is 1. The van der Waals surface area contributed by atoms with E-state index in [1.165, 1.54) is 48.7 Å². The molecule has 1 aliphatic heterocycles. The van der Waals surface area contributed by atoms with Crippen LogP contribution in [0.3, 0.4) is 0 Å². The van der Waals surface area contributed by atoms with E-state index in [1.54, 1.807) is 17.0 Å². The molecule has 2 amide bonds. The Hall–Kier alpha value is -3.43. The Bertz CT molecular complexity index is 1100. The van der Waals surface area contributed by atoms with Crippen molar-refractivity contribution in [1.82, 2.24) is 9.88 Å². The summed E-state index contributed by atoms with van der Waals surface area (Å²) in [6.45, 7) is 1.12. The standard InChI is InChI=1S/C23H20ClF2N3O4/c24-20-7-3-16(26)11-21(20)32-14-19-13-29(9-10-31-19)23(30)28-22-8-6-18(12-27-22)33-17-4-1-15(25)2-5-17/h1-8,11-12,19H,9-10,13-14H2,(H,27,28,30). The summed E-state index contributed by atoms with van der Waals surface area (Å²) in [5.41, 5.74) is 0. The van der Waals surface area contributed by atoms with Gasteiger partial charge in [-0.15, -0.1) is 0 Å². The van der Waals surface area contributed by atoms with Crippen LogP contribution in [-0.4, -0.2) is 48.3 Å². The van der Waals surface area contributed by atoms with Crippen molar-refractivity contribution in [3.8, 4) is 17.2 Å². The first-order valence-electron chi connectivity index (χ1n) is 10.1. The predicted molar refractivity (Wildman–Crippen MR) is 118 cm³/mol. The number of pyridine rings is 1. The average Bonchev–Trinajstić information content (AvgIpc) is 2.82. The Morgan fingerprint density at radius 2 is 1.88 bits per heavy atom. The number of nitrogens with zero attached hydrogens (tertiary/aromatic N) is 2. The van der Waals surface area contributed by atoms with Gasteiger partial charge in [-0.05, 0) is 48.5 Å². The van der Waals surface area contributed by atoms with Crippen molar-refractivity contribution < 1.29 is 27.8 Å². The Labute approximate surface area is 193 Å². The molecule has 1 aromatic heterocycles. The summed E-state index contributed by atoms with van der Waals surface area (Å²) in [6, 6.07) is 12.4. The van der Waals surface area contributed by atoms with Gasteiger partial charge in [-0.3, -0.25) is 5.32 Å². The van der Waals surface area contributed by atoms with E-state index in [4.69, 9.17) is 25.8 Å². The van der Waals surface area contributed by atoms with Gasteiger partial charge in [0.25, 0.3) is 0 Å². The third-order valence-electron chi connectivity index (χ3n) is 4.76. The van der Waals surface area contributed by atoms with E-state index in [1.807, 2.05) is 0 Å². The molecule has 10 heteroatoms. The monoisotopic (exact) mass is 475 g/mol. The molecule has 0 bridgehead atoms. The van der Waals surface area contributed by atoms with Gasteiger partial charge in [0.1, 0.15) is 47.4 Å². The molecule has 1 fully saturated rings. The van der Waals surface area contributed by atoms with E-state index in [0.29, 0.717) is 35.5 Å². The van der Waals surface area contributed by atoms with E-state index in [9.17, 15) is 13.6 Å². The fourth-order valence-electron chi connectivity index (χ4n) is 3.12. The molecule has 0 aliphatic carbocycles. The second kappa shape index (κ2) is 10.5. The minimum atomic E-state index is -0.457. The van der Waals surface area contributed by atoms with Gasteiger partial charge in [-0.25, -0.2) is 18.6 Å². The van der Waals surface area contributed by atoms with Crippen LogP contribution in [0.4, 0.5) is 19.4 Å². The average molecular weight is 476 g/mol. The van der Waals surface area contributed by atoms with Gasteiger partial charge >= 0.3 is 6.03 Å². The molecule has 33 heavy (non-hydrogen) atoms. The maximum atomic E-state index is 13.4. The predicted octanol–water partition coefficient (Wildman–Crippen LogP) is 5.12. The SMILES string of the molecule is O=C(Nc1ccc(Oc2ccc(F)cc2)cn1)N1CCOC(COc2cc(F)ccc2Cl)C1. The topological polar surface area (TPSA) is 72.9 Å². The number of aromatic nitrogens is 1. The Kier molecular flexibility index (Phi) is 7.21. The lowest BCUT2D eigenvalue weighted by Gasteiger charge is -2.32. The smallest absolute Gasteiger partial charge is 0.323 e. The molecule has 172 valence electrons. The number of carbonyl (C=O) groups excluding carboxylic acids is 1. The molecule has 2 aromatic carbocycles. The molecule has 1 saturated heterocycles. The number of morpholine rings is 1. The van der Waals surface area contributed by atoms with Gasteiger partial charge in [0.2, 0.25) is 0 Å². The van der Waals surface area contributed by atoms with Crippen LogP contribution in [0.2, 0.25) is 5.02 Å². The van der Waals surface area contributed by atoms with Gasteiger partial charge in [0.05, 0.1) is 24.4 Å². The number of carbonyl (C=O) groups is 1. The normalized spacial score (nSPS) is 15.7. The molecule has 0 saturated carbocycles.